The van der Waals surface area contributed by atoms with Crippen LogP contribution in [-0.2, 0) is 24.0 Å². The number of ether oxygens (including phenoxy) is 1. The molecule has 2 aromatic rings. The van der Waals surface area contributed by atoms with E-state index in [0.29, 0.717) is 12.2 Å². The Hall–Kier alpha value is -1.54. The van der Waals surface area contributed by atoms with Crippen LogP contribution < -0.4 is 10.5 Å². The van der Waals surface area contributed by atoms with Crippen molar-refractivity contribution in [3.05, 3.63) is 34.1 Å². The van der Waals surface area contributed by atoms with Crippen molar-refractivity contribution in [2.24, 2.45) is 12.8 Å². The third-order valence-electron chi connectivity index (χ3n) is 3.12. The number of aryl methyl sites for hydroxylation is 1. The summed E-state index contributed by atoms with van der Waals surface area (Å²) in [4.78, 5) is 10.8. The number of rotatable bonds is 7. The molecule has 0 fully saturated rings. The number of aromatic nitrogens is 3. The minimum atomic E-state index is -0.337. The number of primary amides is 1. The lowest BCUT2D eigenvalue weighted by Crippen LogP contribution is -2.12. The van der Waals surface area contributed by atoms with Crippen LogP contribution >= 0.6 is 27.7 Å². The lowest BCUT2D eigenvalue weighted by Gasteiger charge is -2.08. The number of methoxy groups -OCH3 is 1. The van der Waals surface area contributed by atoms with Gasteiger partial charge in [0, 0.05) is 35.7 Å². The third-order valence-corrected chi connectivity index (χ3v) is 4.68. The Bertz CT molecular complexity index is 675. The summed E-state index contributed by atoms with van der Waals surface area (Å²) in [5, 5.41) is 9.05. The van der Waals surface area contributed by atoms with Crippen LogP contribution in [-0.4, -0.2) is 27.8 Å². The Labute approximate surface area is 141 Å². The molecular formula is C14H17BrN4O2S. The predicted octanol–water partition coefficient (Wildman–Crippen LogP) is 2.30. The average Bonchev–Trinajstić information content (AvgIpc) is 2.83. The number of halogens is 1. The molecule has 0 aliphatic rings. The smallest absolute Gasteiger partial charge is 0.217 e. The van der Waals surface area contributed by atoms with Gasteiger partial charge in [0.05, 0.1) is 7.11 Å². The predicted molar refractivity (Wildman–Crippen MR) is 88.8 cm³/mol. The molecule has 8 heteroatoms. The summed E-state index contributed by atoms with van der Waals surface area (Å²) in [6.07, 6.45) is 0.774. The number of hydrogen-bond donors (Lipinski definition) is 1. The van der Waals surface area contributed by atoms with Crippen molar-refractivity contribution in [1.82, 2.24) is 14.8 Å². The minimum Gasteiger partial charge on any atom is -0.496 e. The van der Waals surface area contributed by atoms with E-state index < -0.39 is 0 Å². The van der Waals surface area contributed by atoms with E-state index in [2.05, 4.69) is 26.1 Å². The maximum atomic E-state index is 10.8. The first-order valence-corrected chi connectivity index (χ1v) is 8.41. The average molecular weight is 385 g/mol. The highest BCUT2D eigenvalue weighted by molar-refractivity contribution is 9.10. The van der Waals surface area contributed by atoms with Crippen LogP contribution in [0, 0.1) is 0 Å². The molecule has 0 atom stereocenters. The quantitative estimate of drug-likeness (QED) is 0.740. The van der Waals surface area contributed by atoms with E-state index in [1.54, 1.807) is 18.9 Å². The van der Waals surface area contributed by atoms with Crippen molar-refractivity contribution in [3.63, 3.8) is 0 Å². The van der Waals surface area contributed by atoms with Gasteiger partial charge in [-0.3, -0.25) is 4.79 Å². The molecule has 0 bridgehead atoms. The highest BCUT2D eigenvalue weighted by Gasteiger charge is 2.12. The number of amides is 1. The van der Waals surface area contributed by atoms with Gasteiger partial charge < -0.3 is 15.0 Å². The van der Waals surface area contributed by atoms with Crippen molar-refractivity contribution in [2.75, 3.05) is 7.11 Å². The van der Waals surface area contributed by atoms with E-state index >= 15 is 0 Å². The molecule has 2 rings (SSSR count). The number of hydrogen-bond acceptors (Lipinski definition) is 5. The number of thioether (sulfide) groups is 1. The van der Waals surface area contributed by atoms with Gasteiger partial charge in [-0.15, -0.1) is 10.2 Å². The molecule has 0 aliphatic heterocycles. The maximum Gasteiger partial charge on any atom is 0.217 e. The molecular weight excluding hydrogens is 368 g/mol. The van der Waals surface area contributed by atoms with Gasteiger partial charge in [0.2, 0.25) is 5.91 Å². The Morgan fingerprint density at radius 2 is 2.23 bits per heavy atom. The maximum absolute atomic E-state index is 10.8. The Kier molecular flexibility index (Phi) is 5.84. The second-order valence-corrected chi connectivity index (χ2v) is 6.53. The molecule has 0 saturated carbocycles. The number of nitrogens with zero attached hydrogens (tertiary/aromatic N) is 3. The summed E-state index contributed by atoms with van der Waals surface area (Å²) in [7, 11) is 3.54. The second-order valence-electron chi connectivity index (χ2n) is 4.67. The molecule has 0 spiro atoms. The Morgan fingerprint density at radius 3 is 2.91 bits per heavy atom. The van der Waals surface area contributed by atoms with Crippen LogP contribution in [0.3, 0.4) is 0 Å². The first kappa shape index (κ1) is 16.8. The minimum absolute atomic E-state index is 0.274. The molecule has 0 saturated heterocycles. The molecule has 6 nitrogen and oxygen atoms in total. The first-order valence-electron chi connectivity index (χ1n) is 6.63. The summed E-state index contributed by atoms with van der Waals surface area (Å²) >= 11 is 5.03. The summed E-state index contributed by atoms with van der Waals surface area (Å²) in [5.41, 5.74) is 6.23. The van der Waals surface area contributed by atoms with Crippen molar-refractivity contribution in [3.8, 4) is 5.75 Å². The lowest BCUT2D eigenvalue weighted by molar-refractivity contribution is -0.118. The van der Waals surface area contributed by atoms with E-state index in [1.807, 2.05) is 29.8 Å². The summed E-state index contributed by atoms with van der Waals surface area (Å²) in [6, 6.07) is 5.89. The van der Waals surface area contributed by atoms with Crippen molar-refractivity contribution >= 4 is 33.6 Å². The first-order chi connectivity index (χ1) is 10.5. The van der Waals surface area contributed by atoms with Gasteiger partial charge in [-0.2, -0.15) is 0 Å². The highest BCUT2D eigenvalue weighted by atomic mass is 79.9. The van der Waals surface area contributed by atoms with Gasteiger partial charge in [-0.25, -0.2) is 0 Å². The SMILES string of the molecule is COc1ccc(Br)cc1CSc1nnc(CCC(N)=O)n1C. The largest absolute Gasteiger partial charge is 0.496 e. The fourth-order valence-electron chi connectivity index (χ4n) is 1.93. The number of nitrogens with two attached hydrogens (primary N) is 1. The van der Waals surface area contributed by atoms with Gasteiger partial charge in [0.25, 0.3) is 0 Å². The Balaban J connectivity index is 2.06. The molecule has 0 radical (unpaired) electrons. The summed E-state index contributed by atoms with van der Waals surface area (Å²) in [6.45, 7) is 0. The van der Waals surface area contributed by atoms with Crippen LogP contribution in [0.2, 0.25) is 0 Å². The summed E-state index contributed by atoms with van der Waals surface area (Å²) in [5.74, 6) is 1.97. The van der Waals surface area contributed by atoms with Gasteiger partial charge >= 0.3 is 0 Å². The highest BCUT2D eigenvalue weighted by Crippen LogP contribution is 2.29. The molecule has 1 heterocycles. The molecule has 1 aromatic carbocycles. The van der Waals surface area contributed by atoms with E-state index in [1.165, 1.54) is 0 Å². The van der Waals surface area contributed by atoms with Crippen LogP contribution in [0.4, 0.5) is 0 Å². The fourth-order valence-corrected chi connectivity index (χ4v) is 3.24. The third kappa shape index (κ3) is 4.23. The number of carbonyl (C=O) groups is 1. The molecule has 0 aliphatic carbocycles. The van der Waals surface area contributed by atoms with Gasteiger partial charge in [-0.1, -0.05) is 27.7 Å². The van der Waals surface area contributed by atoms with Gasteiger partial charge in [-0.05, 0) is 18.2 Å². The summed E-state index contributed by atoms with van der Waals surface area (Å²) < 4.78 is 8.25. The molecule has 1 amide bonds. The lowest BCUT2D eigenvalue weighted by atomic mass is 10.2. The van der Waals surface area contributed by atoms with Crippen LogP contribution in [0.15, 0.2) is 27.8 Å². The van der Waals surface area contributed by atoms with Crippen molar-refractivity contribution < 1.29 is 9.53 Å². The van der Waals surface area contributed by atoms with Gasteiger partial charge in [0.15, 0.2) is 5.16 Å². The number of benzene rings is 1. The molecule has 2 N–H and O–H groups in total. The van der Waals surface area contributed by atoms with Gasteiger partial charge in [0.1, 0.15) is 11.6 Å². The Morgan fingerprint density at radius 1 is 1.45 bits per heavy atom. The molecule has 1 aromatic heterocycles. The van der Waals surface area contributed by atoms with E-state index in [9.17, 15) is 4.79 Å². The van der Waals surface area contributed by atoms with E-state index in [0.717, 1.165) is 26.8 Å². The number of carbonyl (C=O) groups excluding carboxylic acids is 1. The van der Waals surface area contributed by atoms with Crippen LogP contribution in [0.5, 0.6) is 5.75 Å². The van der Waals surface area contributed by atoms with Crippen LogP contribution in [0.1, 0.15) is 17.8 Å². The molecule has 118 valence electrons. The second kappa shape index (κ2) is 7.64. The zero-order valence-corrected chi connectivity index (χ0v) is 14.8. The van der Waals surface area contributed by atoms with Crippen molar-refractivity contribution in [2.45, 2.75) is 23.8 Å². The fraction of sp³-hybridized carbons (Fsp3) is 0.357. The van der Waals surface area contributed by atoms with E-state index in [-0.39, 0.29) is 12.3 Å². The molecule has 0 unspecified atom stereocenters. The standard InChI is InChI=1S/C14H17BrN4O2S/c1-19-13(6-5-12(16)20)17-18-14(19)22-8-9-7-10(15)3-4-11(9)21-2/h3-4,7H,5-6,8H2,1-2H3,(H2,16,20). The zero-order chi connectivity index (χ0) is 16.1. The van der Waals surface area contributed by atoms with Crippen LogP contribution in [0.25, 0.3) is 0 Å². The van der Waals surface area contributed by atoms with E-state index in [4.69, 9.17) is 10.5 Å². The normalized spacial score (nSPS) is 10.7. The van der Waals surface area contributed by atoms with Crippen molar-refractivity contribution in [1.29, 1.82) is 0 Å². The monoisotopic (exact) mass is 384 g/mol. The zero-order valence-electron chi connectivity index (χ0n) is 12.4. The topological polar surface area (TPSA) is 83.0 Å². The molecule has 22 heavy (non-hydrogen) atoms.